The molecular weight excluding hydrogens is 409 g/mol. The molecule has 0 aliphatic carbocycles. The molecule has 2 aromatic rings. The summed E-state index contributed by atoms with van der Waals surface area (Å²) in [6, 6.07) is 13.4. The Morgan fingerprint density at radius 3 is 2.68 bits per heavy atom. The first-order valence-electron chi connectivity index (χ1n) is 11.2. The summed E-state index contributed by atoms with van der Waals surface area (Å²) in [5.41, 5.74) is 3.78. The van der Waals surface area contributed by atoms with Gasteiger partial charge >= 0.3 is 0 Å². The maximum absolute atomic E-state index is 12.9. The molecule has 0 saturated carbocycles. The second-order valence-corrected chi connectivity index (χ2v) is 9.45. The fourth-order valence-corrected chi connectivity index (χ4v) is 5.27. The van der Waals surface area contributed by atoms with Crippen LogP contribution in [-0.2, 0) is 5.75 Å². The highest BCUT2D eigenvalue weighted by Gasteiger charge is 2.26. The van der Waals surface area contributed by atoms with Crippen LogP contribution in [0.5, 0.6) is 5.75 Å². The smallest absolute Gasteiger partial charge is 0.164 e. The van der Waals surface area contributed by atoms with Crippen LogP contribution in [0, 0.1) is 12.7 Å². The Kier molecular flexibility index (Phi) is 7.51. The minimum absolute atomic E-state index is 0.226. The summed E-state index contributed by atoms with van der Waals surface area (Å²) < 4.78 is 18.6. The molecule has 4 nitrogen and oxygen atoms in total. The number of nitrogens with zero attached hydrogens (tertiary/aromatic N) is 3. The number of fused-ring (bicyclic) bond motifs is 1. The molecule has 166 valence electrons. The van der Waals surface area contributed by atoms with Gasteiger partial charge in [0, 0.05) is 31.9 Å². The molecule has 0 N–H and O–H groups in total. The quantitative estimate of drug-likeness (QED) is 0.521. The van der Waals surface area contributed by atoms with Crippen molar-refractivity contribution < 1.29 is 9.13 Å². The number of amidine groups is 1. The molecule has 2 aliphatic rings. The molecule has 4 rings (SSSR count). The highest BCUT2D eigenvalue weighted by Crippen LogP contribution is 2.33. The number of thioether (sulfide) groups is 1. The fraction of sp³-hybridized carbons (Fsp3) is 0.480. The van der Waals surface area contributed by atoms with E-state index in [4.69, 9.17) is 9.73 Å². The SMILES string of the molecule is Cc1ccc2c(c1)CSC(N(C)C1CCN(CCCCOc3ccc(F)cc3)CC1)=N2. The van der Waals surface area contributed by atoms with E-state index in [1.807, 2.05) is 11.8 Å². The lowest BCUT2D eigenvalue weighted by atomic mass is 10.0. The average Bonchev–Trinajstić information content (AvgIpc) is 2.79. The Bertz CT molecular complexity index is 894. The zero-order valence-electron chi connectivity index (χ0n) is 18.5. The minimum Gasteiger partial charge on any atom is -0.494 e. The zero-order valence-corrected chi connectivity index (χ0v) is 19.3. The van der Waals surface area contributed by atoms with E-state index < -0.39 is 0 Å². The van der Waals surface area contributed by atoms with Gasteiger partial charge in [0.1, 0.15) is 11.6 Å². The third-order valence-corrected chi connectivity index (χ3v) is 7.26. The van der Waals surface area contributed by atoms with Crippen LogP contribution in [0.4, 0.5) is 10.1 Å². The monoisotopic (exact) mass is 441 g/mol. The number of ether oxygens (including phenoxy) is 1. The van der Waals surface area contributed by atoms with E-state index in [-0.39, 0.29) is 5.82 Å². The number of rotatable bonds is 7. The van der Waals surface area contributed by atoms with Crippen LogP contribution in [0.3, 0.4) is 0 Å². The number of hydrogen-bond acceptors (Lipinski definition) is 5. The average molecular weight is 442 g/mol. The molecule has 0 atom stereocenters. The molecule has 31 heavy (non-hydrogen) atoms. The molecule has 6 heteroatoms. The van der Waals surface area contributed by atoms with E-state index in [2.05, 4.69) is 42.0 Å². The van der Waals surface area contributed by atoms with Gasteiger partial charge in [-0.25, -0.2) is 9.38 Å². The molecule has 0 unspecified atom stereocenters. The molecule has 0 amide bonds. The molecule has 0 bridgehead atoms. The summed E-state index contributed by atoms with van der Waals surface area (Å²) in [6.45, 7) is 6.22. The zero-order chi connectivity index (χ0) is 21.6. The molecule has 1 fully saturated rings. The van der Waals surface area contributed by atoms with Crippen molar-refractivity contribution in [2.75, 3.05) is 33.3 Å². The number of benzene rings is 2. The van der Waals surface area contributed by atoms with Crippen LogP contribution in [-0.4, -0.2) is 54.3 Å². The summed E-state index contributed by atoms with van der Waals surface area (Å²) in [5.74, 6) is 1.53. The normalized spacial score (nSPS) is 17.2. The van der Waals surface area contributed by atoms with Crippen molar-refractivity contribution in [1.29, 1.82) is 0 Å². The number of unbranched alkanes of at least 4 members (excludes halogenated alkanes) is 1. The molecule has 0 spiro atoms. The second-order valence-electron chi connectivity index (χ2n) is 8.51. The van der Waals surface area contributed by atoms with E-state index in [1.165, 1.54) is 36.1 Å². The number of halogens is 1. The highest BCUT2D eigenvalue weighted by molar-refractivity contribution is 8.13. The van der Waals surface area contributed by atoms with E-state index >= 15 is 0 Å². The lowest BCUT2D eigenvalue weighted by molar-refractivity contribution is 0.162. The Morgan fingerprint density at radius 1 is 1.13 bits per heavy atom. The van der Waals surface area contributed by atoms with Crippen molar-refractivity contribution in [2.24, 2.45) is 4.99 Å². The summed E-state index contributed by atoms with van der Waals surface area (Å²) in [4.78, 5) is 9.91. The van der Waals surface area contributed by atoms with Crippen molar-refractivity contribution in [2.45, 2.75) is 44.4 Å². The van der Waals surface area contributed by atoms with Gasteiger partial charge in [-0.3, -0.25) is 0 Å². The van der Waals surface area contributed by atoms with Gasteiger partial charge in [0.25, 0.3) is 0 Å². The number of likely N-dealkylation sites (tertiary alicyclic amines) is 1. The molecule has 1 saturated heterocycles. The third-order valence-electron chi connectivity index (χ3n) is 6.17. The van der Waals surface area contributed by atoms with Gasteiger partial charge in [-0.05, 0) is 75.0 Å². The van der Waals surface area contributed by atoms with Gasteiger partial charge in [-0.15, -0.1) is 0 Å². The summed E-state index contributed by atoms with van der Waals surface area (Å²) in [6.07, 6.45) is 4.51. The van der Waals surface area contributed by atoms with Crippen LogP contribution in [0.25, 0.3) is 0 Å². The Balaban J connectivity index is 1.16. The maximum atomic E-state index is 12.9. The predicted molar refractivity (Wildman–Crippen MR) is 128 cm³/mol. The van der Waals surface area contributed by atoms with Crippen molar-refractivity contribution >= 4 is 22.6 Å². The topological polar surface area (TPSA) is 28.1 Å². The largest absolute Gasteiger partial charge is 0.494 e. The number of aryl methyl sites for hydroxylation is 1. The van der Waals surface area contributed by atoms with Gasteiger partial charge in [0.2, 0.25) is 0 Å². The lowest BCUT2D eigenvalue weighted by Crippen LogP contribution is -2.45. The van der Waals surface area contributed by atoms with Gasteiger partial charge in [0.05, 0.1) is 12.3 Å². The van der Waals surface area contributed by atoms with E-state index in [0.717, 1.165) is 54.8 Å². The van der Waals surface area contributed by atoms with Crippen LogP contribution >= 0.6 is 11.8 Å². The van der Waals surface area contributed by atoms with Gasteiger partial charge in [-0.2, -0.15) is 0 Å². The van der Waals surface area contributed by atoms with E-state index in [9.17, 15) is 4.39 Å². The predicted octanol–water partition coefficient (Wildman–Crippen LogP) is 5.62. The standard InChI is InChI=1S/C25H32FN3OS/c1-19-5-10-24-20(17-19)18-31-25(27-24)28(2)22-11-14-29(15-12-22)13-3-4-16-30-23-8-6-21(26)7-9-23/h5-10,17,22H,3-4,11-16,18H2,1-2H3. The summed E-state index contributed by atoms with van der Waals surface area (Å²) in [7, 11) is 2.21. The summed E-state index contributed by atoms with van der Waals surface area (Å²) in [5, 5.41) is 1.16. The Hall–Kier alpha value is -2.05. The van der Waals surface area contributed by atoms with Gasteiger partial charge in [0.15, 0.2) is 5.17 Å². The maximum Gasteiger partial charge on any atom is 0.164 e. The van der Waals surface area contributed by atoms with Crippen molar-refractivity contribution in [3.8, 4) is 5.75 Å². The van der Waals surface area contributed by atoms with Gasteiger partial charge < -0.3 is 14.5 Å². The van der Waals surface area contributed by atoms with Crippen molar-refractivity contribution in [3.63, 3.8) is 0 Å². The number of piperidine rings is 1. The van der Waals surface area contributed by atoms with E-state index in [1.54, 1.807) is 12.1 Å². The Labute approximate surface area is 189 Å². The highest BCUT2D eigenvalue weighted by atomic mass is 32.2. The first kappa shape index (κ1) is 22.2. The molecule has 0 radical (unpaired) electrons. The Morgan fingerprint density at radius 2 is 1.90 bits per heavy atom. The fourth-order valence-electron chi connectivity index (χ4n) is 4.24. The third kappa shape index (κ3) is 6.01. The van der Waals surface area contributed by atoms with E-state index in [0.29, 0.717) is 12.6 Å². The molecule has 2 aromatic carbocycles. The molecule has 2 heterocycles. The lowest BCUT2D eigenvalue weighted by Gasteiger charge is -2.38. The van der Waals surface area contributed by atoms with Crippen LogP contribution in [0.1, 0.15) is 36.8 Å². The van der Waals surface area contributed by atoms with Crippen LogP contribution in [0.2, 0.25) is 0 Å². The molecule has 2 aliphatic heterocycles. The van der Waals surface area contributed by atoms with Crippen molar-refractivity contribution in [3.05, 3.63) is 59.4 Å². The number of aliphatic imine (C=N–C) groups is 1. The first-order chi connectivity index (χ1) is 15.1. The number of hydrogen-bond donors (Lipinski definition) is 0. The first-order valence-corrected chi connectivity index (χ1v) is 12.2. The van der Waals surface area contributed by atoms with Crippen molar-refractivity contribution in [1.82, 2.24) is 9.80 Å². The van der Waals surface area contributed by atoms with Gasteiger partial charge in [-0.1, -0.05) is 29.5 Å². The minimum atomic E-state index is -0.226. The van der Waals surface area contributed by atoms with Crippen LogP contribution in [0.15, 0.2) is 47.5 Å². The molecule has 0 aromatic heterocycles. The summed E-state index contributed by atoms with van der Waals surface area (Å²) >= 11 is 1.86. The molecular formula is C25H32FN3OS. The second kappa shape index (κ2) is 10.5. The van der Waals surface area contributed by atoms with Crippen LogP contribution < -0.4 is 4.74 Å².